The molecule has 0 bridgehead atoms. The van der Waals surface area contributed by atoms with Crippen LogP contribution in [0, 0.1) is 13.8 Å². The highest BCUT2D eigenvalue weighted by atomic mass is 16.5. The number of carbonyl (C=O) groups is 2. The van der Waals surface area contributed by atoms with Crippen molar-refractivity contribution in [1.82, 2.24) is 0 Å². The van der Waals surface area contributed by atoms with Gasteiger partial charge in [-0.25, -0.2) is 4.79 Å². The van der Waals surface area contributed by atoms with Crippen LogP contribution in [0.1, 0.15) is 28.4 Å². The molecule has 4 nitrogen and oxygen atoms in total. The Bertz CT molecular complexity index is 975. The molecule has 0 saturated carbocycles. The van der Waals surface area contributed by atoms with Gasteiger partial charge in [0.2, 0.25) is 0 Å². The van der Waals surface area contributed by atoms with E-state index in [0.717, 1.165) is 22.3 Å². The molecule has 0 aliphatic rings. The summed E-state index contributed by atoms with van der Waals surface area (Å²) in [6, 6.07) is 22.8. The van der Waals surface area contributed by atoms with Crippen LogP contribution in [0.25, 0.3) is 11.1 Å². The van der Waals surface area contributed by atoms with Crippen molar-refractivity contribution >= 4 is 17.6 Å². The molecule has 0 aliphatic heterocycles. The summed E-state index contributed by atoms with van der Waals surface area (Å²) in [4.78, 5) is 25.0. The number of amides is 1. The summed E-state index contributed by atoms with van der Waals surface area (Å²) in [5.41, 5.74) is 4.97. The first-order chi connectivity index (χ1) is 13.4. The zero-order valence-corrected chi connectivity index (χ0v) is 16.2. The molecule has 0 radical (unpaired) electrons. The minimum Gasteiger partial charge on any atom is -0.449 e. The SMILES string of the molecule is Cc1cc(C)cc(C(=O)O[C@H](C)C(=O)Nc2ccccc2-c2ccccc2)c1. The maximum absolute atomic E-state index is 12.6. The molecule has 1 amide bonds. The number of rotatable bonds is 5. The number of esters is 1. The van der Waals surface area contributed by atoms with E-state index >= 15 is 0 Å². The average molecular weight is 373 g/mol. The van der Waals surface area contributed by atoms with Crippen LogP contribution < -0.4 is 5.32 Å². The minimum absolute atomic E-state index is 0.374. The van der Waals surface area contributed by atoms with Crippen LogP contribution in [0.4, 0.5) is 5.69 Å². The number of hydrogen-bond acceptors (Lipinski definition) is 3. The van der Waals surface area contributed by atoms with Gasteiger partial charge in [0.25, 0.3) is 5.91 Å². The first-order valence-corrected chi connectivity index (χ1v) is 9.18. The van der Waals surface area contributed by atoms with Crippen molar-refractivity contribution in [2.45, 2.75) is 26.9 Å². The minimum atomic E-state index is -0.919. The summed E-state index contributed by atoms with van der Waals surface area (Å²) in [5.74, 6) is -0.882. The fraction of sp³-hybridized carbons (Fsp3) is 0.167. The molecule has 3 aromatic carbocycles. The first kappa shape index (κ1) is 19.4. The predicted molar refractivity (Wildman–Crippen MR) is 111 cm³/mol. The van der Waals surface area contributed by atoms with E-state index in [1.54, 1.807) is 19.1 Å². The zero-order valence-electron chi connectivity index (χ0n) is 16.2. The highest BCUT2D eigenvalue weighted by molar-refractivity contribution is 6.00. The van der Waals surface area contributed by atoms with Gasteiger partial charge in [-0.1, -0.05) is 65.7 Å². The maximum atomic E-state index is 12.6. The molecule has 4 heteroatoms. The van der Waals surface area contributed by atoms with Crippen molar-refractivity contribution in [3.63, 3.8) is 0 Å². The Morgan fingerprint density at radius 3 is 2.14 bits per heavy atom. The van der Waals surface area contributed by atoms with Crippen molar-refractivity contribution < 1.29 is 14.3 Å². The van der Waals surface area contributed by atoms with E-state index < -0.39 is 12.1 Å². The Hall–Kier alpha value is -3.40. The highest BCUT2D eigenvalue weighted by Crippen LogP contribution is 2.27. The van der Waals surface area contributed by atoms with Crippen molar-refractivity contribution in [3.8, 4) is 11.1 Å². The standard InChI is InChI=1S/C24H23NO3/c1-16-13-17(2)15-20(14-16)24(27)28-18(3)23(26)25-22-12-8-7-11-21(22)19-9-5-4-6-10-19/h4-15,18H,1-3H3,(H,25,26)/t18-/m1/s1. The fourth-order valence-corrected chi connectivity index (χ4v) is 3.07. The van der Waals surface area contributed by atoms with Crippen molar-refractivity contribution in [2.24, 2.45) is 0 Å². The normalized spacial score (nSPS) is 11.5. The van der Waals surface area contributed by atoms with E-state index in [4.69, 9.17) is 4.74 Å². The van der Waals surface area contributed by atoms with Gasteiger partial charge in [0.15, 0.2) is 6.10 Å². The first-order valence-electron chi connectivity index (χ1n) is 9.18. The molecule has 142 valence electrons. The number of para-hydroxylation sites is 1. The van der Waals surface area contributed by atoms with Crippen LogP contribution >= 0.6 is 0 Å². The molecule has 1 N–H and O–H groups in total. The number of nitrogens with one attached hydrogen (secondary N) is 1. The lowest BCUT2D eigenvalue weighted by Gasteiger charge is -2.16. The lowest BCUT2D eigenvalue weighted by Crippen LogP contribution is -2.30. The van der Waals surface area contributed by atoms with Crippen LogP contribution in [-0.4, -0.2) is 18.0 Å². The van der Waals surface area contributed by atoms with E-state index in [1.165, 1.54) is 0 Å². The van der Waals surface area contributed by atoms with E-state index in [0.29, 0.717) is 11.3 Å². The Labute approximate surface area is 165 Å². The summed E-state index contributed by atoms with van der Waals surface area (Å²) in [6.07, 6.45) is -0.919. The zero-order chi connectivity index (χ0) is 20.1. The van der Waals surface area contributed by atoms with Gasteiger partial charge in [0, 0.05) is 11.3 Å². The third-order valence-corrected chi connectivity index (χ3v) is 4.38. The van der Waals surface area contributed by atoms with E-state index in [9.17, 15) is 9.59 Å². The Kier molecular flexibility index (Phi) is 5.90. The quantitative estimate of drug-likeness (QED) is 0.629. The molecule has 0 aliphatic carbocycles. The Morgan fingerprint density at radius 2 is 1.46 bits per heavy atom. The number of anilines is 1. The molecule has 0 heterocycles. The van der Waals surface area contributed by atoms with E-state index in [-0.39, 0.29) is 5.91 Å². The summed E-state index contributed by atoms with van der Waals surface area (Å²) in [7, 11) is 0. The monoisotopic (exact) mass is 373 g/mol. The van der Waals surface area contributed by atoms with E-state index in [2.05, 4.69) is 5.32 Å². The number of ether oxygens (including phenoxy) is 1. The highest BCUT2D eigenvalue weighted by Gasteiger charge is 2.20. The number of hydrogen-bond donors (Lipinski definition) is 1. The van der Waals surface area contributed by atoms with Crippen LogP contribution in [0.2, 0.25) is 0 Å². The topological polar surface area (TPSA) is 55.4 Å². The number of benzene rings is 3. The average Bonchev–Trinajstić information content (AvgIpc) is 2.68. The van der Waals surface area contributed by atoms with Gasteiger partial charge < -0.3 is 10.1 Å². The molecule has 3 aromatic rings. The molecular weight excluding hydrogens is 350 g/mol. The molecule has 0 fully saturated rings. The third-order valence-electron chi connectivity index (χ3n) is 4.38. The number of carbonyl (C=O) groups excluding carboxylic acids is 2. The van der Waals surface area contributed by atoms with Gasteiger partial charge >= 0.3 is 5.97 Å². The van der Waals surface area contributed by atoms with Crippen molar-refractivity contribution in [2.75, 3.05) is 5.32 Å². The van der Waals surface area contributed by atoms with Gasteiger partial charge in [-0.05, 0) is 44.5 Å². The molecule has 3 rings (SSSR count). The lowest BCUT2D eigenvalue weighted by molar-refractivity contribution is -0.123. The number of aryl methyl sites for hydroxylation is 2. The second-order valence-electron chi connectivity index (χ2n) is 6.82. The van der Waals surface area contributed by atoms with Crippen LogP contribution in [0.3, 0.4) is 0 Å². The van der Waals surface area contributed by atoms with Gasteiger partial charge in [-0.3, -0.25) is 4.79 Å². The van der Waals surface area contributed by atoms with E-state index in [1.807, 2.05) is 74.5 Å². The van der Waals surface area contributed by atoms with Crippen LogP contribution in [-0.2, 0) is 9.53 Å². The van der Waals surface area contributed by atoms with Crippen LogP contribution in [0.5, 0.6) is 0 Å². The molecule has 0 saturated heterocycles. The Morgan fingerprint density at radius 1 is 0.857 bits per heavy atom. The molecule has 28 heavy (non-hydrogen) atoms. The van der Waals surface area contributed by atoms with Gasteiger partial charge in [-0.2, -0.15) is 0 Å². The molecule has 1 atom stereocenters. The molecule has 0 unspecified atom stereocenters. The maximum Gasteiger partial charge on any atom is 0.338 e. The van der Waals surface area contributed by atoms with Gasteiger partial charge in [-0.15, -0.1) is 0 Å². The van der Waals surface area contributed by atoms with Gasteiger partial charge in [0.05, 0.1) is 5.56 Å². The second-order valence-corrected chi connectivity index (χ2v) is 6.82. The van der Waals surface area contributed by atoms with Crippen LogP contribution in [0.15, 0.2) is 72.8 Å². The lowest BCUT2D eigenvalue weighted by atomic mass is 10.0. The summed E-state index contributed by atoms with van der Waals surface area (Å²) >= 11 is 0. The predicted octanol–water partition coefficient (Wildman–Crippen LogP) is 5.15. The summed E-state index contributed by atoms with van der Waals surface area (Å²) in [5, 5.41) is 2.87. The van der Waals surface area contributed by atoms with Crippen molar-refractivity contribution in [1.29, 1.82) is 0 Å². The third kappa shape index (κ3) is 4.65. The summed E-state index contributed by atoms with van der Waals surface area (Å²) in [6.45, 7) is 5.40. The Balaban J connectivity index is 1.72. The van der Waals surface area contributed by atoms with Crippen molar-refractivity contribution in [3.05, 3.63) is 89.5 Å². The molecule has 0 spiro atoms. The second kappa shape index (κ2) is 8.53. The summed E-state index contributed by atoms with van der Waals surface area (Å²) < 4.78 is 5.38. The molecular formula is C24H23NO3. The molecule has 0 aromatic heterocycles. The fourth-order valence-electron chi connectivity index (χ4n) is 3.07. The largest absolute Gasteiger partial charge is 0.449 e. The smallest absolute Gasteiger partial charge is 0.338 e. The van der Waals surface area contributed by atoms with Gasteiger partial charge in [0.1, 0.15) is 0 Å².